The lowest BCUT2D eigenvalue weighted by atomic mass is 10.2. The Hall–Kier alpha value is -3.74. The minimum absolute atomic E-state index is 0.145. The van der Waals surface area contributed by atoms with Crippen molar-refractivity contribution in [3.63, 3.8) is 0 Å². The standard InChI is InChI=1S/C20H19N5O2/c1-14(26)24-16-4-6-17(7-5-16)25-20(27)19-9-8-18(13-23-19)22-12-15-3-2-10-21-11-15/h2-11,13,22H,12H2,1H3,(H,24,26)(H,25,27). The van der Waals surface area contributed by atoms with E-state index < -0.39 is 0 Å². The smallest absolute Gasteiger partial charge is 0.274 e. The van der Waals surface area contributed by atoms with Crippen LogP contribution >= 0.6 is 0 Å². The Balaban J connectivity index is 1.56. The molecule has 0 unspecified atom stereocenters. The van der Waals surface area contributed by atoms with Crippen LogP contribution in [0.1, 0.15) is 23.0 Å². The van der Waals surface area contributed by atoms with E-state index in [1.54, 1.807) is 55.0 Å². The van der Waals surface area contributed by atoms with Crippen molar-refractivity contribution in [1.29, 1.82) is 0 Å². The first-order valence-electron chi connectivity index (χ1n) is 8.38. The van der Waals surface area contributed by atoms with Gasteiger partial charge in [-0.3, -0.25) is 14.6 Å². The molecule has 0 atom stereocenters. The number of nitrogens with zero attached hydrogens (tertiary/aromatic N) is 2. The molecule has 2 aromatic heterocycles. The number of anilines is 3. The number of carbonyl (C=O) groups excluding carboxylic acids is 2. The maximum Gasteiger partial charge on any atom is 0.274 e. The first-order valence-corrected chi connectivity index (χ1v) is 8.38. The van der Waals surface area contributed by atoms with Crippen LogP contribution in [0.5, 0.6) is 0 Å². The summed E-state index contributed by atoms with van der Waals surface area (Å²) in [5.41, 5.74) is 3.47. The second-order valence-electron chi connectivity index (χ2n) is 5.86. The van der Waals surface area contributed by atoms with Gasteiger partial charge >= 0.3 is 0 Å². The van der Waals surface area contributed by atoms with Crippen molar-refractivity contribution in [2.24, 2.45) is 0 Å². The molecule has 0 fully saturated rings. The van der Waals surface area contributed by atoms with E-state index in [4.69, 9.17) is 0 Å². The van der Waals surface area contributed by atoms with Crippen molar-refractivity contribution in [1.82, 2.24) is 9.97 Å². The molecule has 0 radical (unpaired) electrons. The number of hydrogen-bond donors (Lipinski definition) is 3. The van der Waals surface area contributed by atoms with Gasteiger partial charge in [-0.1, -0.05) is 6.07 Å². The zero-order chi connectivity index (χ0) is 19.1. The quantitative estimate of drug-likeness (QED) is 0.626. The van der Waals surface area contributed by atoms with Crippen molar-refractivity contribution < 1.29 is 9.59 Å². The lowest BCUT2D eigenvalue weighted by Gasteiger charge is -2.08. The molecule has 136 valence electrons. The molecule has 2 amide bonds. The molecule has 7 heteroatoms. The third-order valence-electron chi connectivity index (χ3n) is 3.68. The first kappa shape index (κ1) is 18.1. The first-order chi connectivity index (χ1) is 13.1. The molecule has 0 aliphatic heterocycles. The largest absolute Gasteiger partial charge is 0.380 e. The van der Waals surface area contributed by atoms with Crippen LogP contribution in [0.2, 0.25) is 0 Å². The van der Waals surface area contributed by atoms with Gasteiger partial charge in [-0.2, -0.15) is 0 Å². The van der Waals surface area contributed by atoms with Crippen molar-refractivity contribution in [2.75, 3.05) is 16.0 Å². The molecule has 3 aromatic rings. The van der Waals surface area contributed by atoms with Gasteiger partial charge in [0.15, 0.2) is 0 Å². The third-order valence-corrected chi connectivity index (χ3v) is 3.68. The predicted octanol–water partition coefficient (Wildman–Crippen LogP) is 3.30. The molecule has 2 heterocycles. The second-order valence-corrected chi connectivity index (χ2v) is 5.86. The van der Waals surface area contributed by atoms with Crippen molar-refractivity contribution in [2.45, 2.75) is 13.5 Å². The van der Waals surface area contributed by atoms with Crippen molar-refractivity contribution in [3.05, 3.63) is 78.4 Å². The fourth-order valence-electron chi connectivity index (χ4n) is 2.37. The van der Waals surface area contributed by atoms with E-state index in [1.807, 2.05) is 12.1 Å². The number of nitrogens with one attached hydrogen (secondary N) is 3. The summed E-state index contributed by atoms with van der Waals surface area (Å²) < 4.78 is 0. The fraction of sp³-hybridized carbons (Fsp3) is 0.100. The van der Waals surface area contributed by atoms with Gasteiger partial charge in [0, 0.05) is 37.2 Å². The van der Waals surface area contributed by atoms with Crippen molar-refractivity contribution in [3.8, 4) is 0 Å². The van der Waals surface area contributed by atoms with E-state index in [2.05, 4.69) is 25.9 Å². The number of carbonyl (C=O) groups is 2. The summed E-state index contributed by atoms with van der Waals surface area (Å²) in [5, 5.41) is 8.68. The van der Waals surface area contributed by atoms with E-state index in [9.17, 15) is 9.59 Å². The van der Waals surface area contributed by atoms with Gasteiger partial charge in [-0.15, -0.1) is 0 Å². The Kier molecular flexibility index (Phi) is 5.73. The summed E-state index contributed by atoms with van der Waals surface area (Å²) in [7, 11) is 0. The van der Waals surface area contributed by atoms with Crippen LogP contribution in [0.4, 0.5) is 17.1 Å². The molecule has 0 saturated heterocycles. The Morgan fingerprint density at radius 1 is 0.889 bits per heavy atom. The number of rotatable bonds is 6. The topological polar surface area (TPSA) is 96.0 Å². The maximum atomic E-state index is 12.3. The van der Waals surface area contributed by atoms with Crippen LogP contribution in [0.15, 0.2) is 67.1 Å². The van der Waals surface area contributed by atoms with Crippen LogP contribution in [-0.2, 0) is 11.3 Å². The van der Waals surface area contributed by atoms with E-state index in [-0.39, 0.29) is 11.8 Å². The van der Waals surface area contributed by atoms with Crippen LogP contribution in [-0.4, -0.2) is 21.8 Å². The van der Waals surface area contributed by atoms with Gasteiger partial charge in [-0.05, 0) is 48.0 Å². The van der Waals surface area contributed by atoms with Gasteiger partial charge in [0.1, 0.15) is 5.69 Å². The van der Waals surface area contributed by atoms with Crippen molar-refractivity contribution >= 4 is 28.9 Å². The minimum atomic E-state index is -0.305. The summed E-state index contributed by atoms with van der Waals surface area (Å²) in [4.78, 5) is 31.6. The molecule has 1 aromatic carbocycles. The summed E-state index contributed by atoms with van der Waals surface area (Å²) in [6.45, 7) is 2.07. The van der Waals surface area contributed by atoms with Crippen LogP contribution < -0.4 is 16.0 Å². The second kappa shape index (κ2) is 8.57. The Labute approximate surface area is 156 Å². The molecule has 0 aliphatic carbocycles. The molecule has 3 rings (SSSR count). The monoisotopic (exact) mass is 361 g/mol. The minimum Gasteiger partial charge on any atom is -0.380 e. The molecule has 0 saturated carbocycles. The number of pyridine rings is 2. The van der Waals surface area contributed by atoms with Gasteiger partial charge in [0.05, 0.1) is 11.9 Å². The molecule has 3 N–H and O–H groups in total. The normalized spacial score (nSPS) is 10.1. The van der Waals surface area contributed by atoms with Gasteiger partial charge in [0.25, 0.3) is 5.91 Å². The zero-order valence-corrected chi connectivity index (χ0v) is 14.8. The zero-order valence-electron chi connectivity index (χ0n) is 14.8. The average Bonchev–Trinajstić information content (AvgIpc) is 2.69. The van der Waals surface area contributed by atoms with Gasteiger partial charge < -0.3 is 16.0 Å². The molecule has 7 nitrogen and oxygen atoms in total. The molecular weight excluding hydrogens is 342 g/mol. The fourth-order valence-corrected chi connectivity index (χ4v) is 2.37. The lowest BCUT2D eigenvalue weighted by molar-refractivity contribution is -0.114. The number of benzene rings is 1. The number of amides is 2. The van der Waals surface area contributed by atoms with E-state index in [0.29, 0.717) is 23.6 Å². The van der Waals surface area contributed by atoms with E-state index >= 15 is 0 Å². The van der Waals surface area contributed by atoms with Crippen LogP contribution in [0, 0.1) is 0 Å². The summed E-state index contributed by atoms with van der Waals surface area (Å²) in [5.74, 6) is -0.450. The highest BCUT2D eigenvalue weighted by Gasteiger charge is 2.08. The molecule has 0 spiro atoms. The summed E-state index contributed by atoms with van der Waals surface area (Å²) >= 11 is 0. The molecule has 0 aliphatic rings. The van der Waals surface area contributed by atoms with Crippen LogP contribution in [0.25, 0.3) is 0 Å². The highest BCUT2D eigenvalue weighted by Crippen LogP contribution is 2.15. The van der Waals surface area contributed by atoms with E-state index in [1.165, 1.54) is 6.92 Å². The third kappa shape index (κ3) is 5.37. The predicted molar refractivity (Wildman–Crippen MR) is 104 cm³/mol. The lowest BCUT2D eigenvalue weighted by Crippen LogP contribution is -2.14. The Morgan fingerprint density at radius 2 is 1.59 bits per heavy atom. The van der Waals surface area contributed by atoms with Gasteiger partial charge in [-0.25, -0.2) is 4.98 Å². The SMILES string of the molecule is CC(=O)Nc1ccc(NC(=O)c2ccc(NCc3cccnc3)cn2)cc1. The summed E-state index contributed by atoms with van der Waals surface area (Å²) in [6.07, 6.45) is 5.14. The Morgan fingerprint density at radius 3 is 2.19 bits per heavy atom. The average molecular weight is 361 g/mol. The number of aromatic nitrogens is 2. The maximum absolute atomic E-state index is 12.3. The van der Waals surface area contributed by atoms with Gasteiger partial charge in [0.2, 0.25) is 5.91 Å². The molecular formula is C20H19N5O2. The molecule has 0 bridgehead atoms. The van der Waals surface area contributed by atoms with Crippen LogP contribution in [0.3, 0.4) is 0 Å². The highest BCUT2D eigenvalue weighted by molar-refractivity contribution is 6.03. The number of hydrogen-bond acceptors (Lipinski definition) is 5. The molecule has 27 heavy (non-hydrogen) atoms. The highest BCUT2D eigenvalue weighted by atomic mass is 16.2. The Bertz CT molecular complexity index is 909. The van der Waals surface area contributed by atoms with E-state index in [0.717, 1.165) is 11.3 Å². The summed E-state index contributed by atoms with van der Waals surface area (Å²) in [6, 6.07) is 14.2.